The van der Waals surface area contributed by atoms with Crippen molar-refractivity contribution in [3.05, 3.63) is 47.5 Å². The molecule has 41 heavy (non-hydrogen) atoms. The highest BCUT2D eigenvalue weighted by Gasteiger charge is 2.72. The Hall–Kier alpha value is -1.65. The van der Waals surface area contributed by atoms with E-state index in [0.29, 0.717) is 29.2 Å². The number of rotatable bonds is 2. The second kappa shape index (κ2) is 9.42. The van der Waals surface area contributed by atoms with E-state index >= 15 is 0 Å². The van der Waals surface area contributed by atoms with Crippen LogP contribution >= 0.6 is 0 Å². The van der Waals surface area contributed by atoms with Crippen LogP contribution in [-0.4, -0.2) is 34.5 Å². The van der Waals surface area contributed by atoms with E-state index in [2.05, 4.69) is 61.5 Å². The smallest absolute Gasteiger partial charge is 0.338 e. The van der Waals surface area contributed by atoms with Crippen LogP contribution in [0.2, 0.25) is 0 Å². The van der Waals surface area contributed by atoms with Gasteiger partial charge in [0.1, 0.15) is 6.10 Å². The van der Waals surface area contributed by atoms with Gasteiger partial charge in [0.15, 0.2) is 0 Å². The Kier molecular flexibility index (Phi) is 6.76. The van der Waals surface area contributed by atoms with E-state index in [1.54, 1.807) is 0 Å². The largest absolute Gasteiger partial charge is 0.458 e. The molecule has 0 aliphatic heterocycles. The number of hydrogen-bond donors (Lipinski definition) is 2. The Bertz CT molecular complexity index is 1220. The molecule has 226 valence electrons. The van der Waals surface area contributed by atoms with Crippen molar-refractivity contribution in [2.24, 2.45) is 56.7 Å². The third kappa shape index (κ3) is 3.88. The Morgan fingerprint density at radius 2 is 1.59 bits per heavy atom. The highest BCUT2D eigenvalue weighted by atomic mass is 16.5. The zero-order valence-electron chi connectivity index (χ0n) is 26.7. The predicted molar refractivity (Wildman–Crippen MR) is 163 cm³/mol. The summed E-state index contributed by atoms with van der Waals surface area (Å²) in [6.45, 7) is 19.0. The number of esters is 1. The van der Waals surface area contributed by atoms with Crippen molar-refractivity contribution in [1.29, 1.82) is 0 Å². The Morgan fingerprint density at radius 3 is 2.27 bits per heavy atom. The van der Waals surface area contributed by atoms with Gasteiger partial charge < -0.3 is 14.9 Å². The first-order chi connectivity index (χ1) is 19.1. The van der Waals surface area contributed by atoms with Crippen LogP contribution in [-0.2, 0) is 4.74 Å². The van der Waals surface area contributed by atoms with Gasteiger partial charge in [-0.15, -0.1) is 0 Å². The fraction of sp³-hybridized carbons (Fsp3) is 0.757. The number of aliphatic hydroxyl groups excluding tert-OH is 2. The van der Waals surface area contributed by atoms with E-state index in [1.807, 2.05) is 30.3 Å². The summed E-state index contributed by atoms with van der Waals surface area (Å²) in [5, 5.41) is 23.4. The summed E-state index contributed by atoms with van der Waals surface area (Å²) in [6, 6.07) is 9.46. The fourth-order valence-corrected chi connectivity index (χ4v) is 12.0. The van der Waals surface area contributed by atoms with Crippen molar-refractivity contribution in [3.8, 4) is 0 Å². The summed E-state index contributed by atoms with van der Waals surface area (Å²) >= 11 is 0. The summed E-state index contributed by atoms with van der Waals surface area (Å²) < 4.78 is 6.70. The summed E-state index contributed by atoms with van der Waals surface area (Å²) in [5.41, 5.74) is 1.06. The first kappa shape index (κ1) is 29.4. The molecule has 5 aliphatic rings. The number of ether oxygens (including phenoxy) is 1. The number of fused-ring (bicyclic) bond motifs is 7. The highest BCUT2D eigenvalue weighted by Crippen LogP contribution is 2.76. The topological polar surface area (TPSA) is 66.8 Å². The minimum Gasteiger partial charge on any atom is -0.458 e. The van der Waals surface area contributed by atoms with E-state index < -0.39 is 6.10 Å². The van der Waals surface area contributed by atoms with Crippen molar-refractivity contribution in [3.63, 3.8) is 0 Å². The minimum atomic E-state index is -0.542. The minimum absolute atomic E-state index is 0.0276. The second-order valence-electron chi connectivity index (χ2n) is 16.7. The van der Waals surface area contributed by atoms with Crippen LogP contribution < -0.4 is 0 Å². The van der Waals surface area contributed by atoms with Crippen LogP contribution in [0, 0.1) is 56.7 Å². The second-order valence-corrected chi connectivity index (χ2v) is 16.7. The molecule has 12 unspecified atom stereocenters. The first-order valence-electron chi connectivity index (χ1n) is 16.5. The molecule has 0 saturated heterocycles. The van der Waals surface area contributed by atoms with Gasteiger partial charge in [-0.1, -0.05) is 85.2 Å². The lowest BCUT2D eigenvalue weighted by Crippen LogP contribution is -2.70. The number of benzene rings is 1. The molecule has 0 heterocycles. The standard InChI is InChI=1S/C37H54O4/c1-22-14-17-34(5)21-29(41-32(40)24-12-10-9-11-13-24)37(8)25(30(34)23(22)2)20-26(38)31-35(6)18-16-28(39)33(3,4)27(35)15-19-36(31,37)7/h9-13,20,22-23,26-31,38-39H,14-19,21H2,1-8H3. The third-order valence-electron chi connectivity index (χ3n) is 14.6. The molecule has 0 radical (unpaired) electrons. The SMILES string of the molecule is CC1CCC2(C)CC(OC(=O)c3ccccc3)C3(C)C(=CC(O)C4C5(C)CCC(O)C(C)(C)C5CCC43C)C2C1C. The maximum Gasteiger partial charge on any atom is 0.338 e. The molecule has 4 saturated carbocycles. The number of aliphatic hydroxyl groups is 2. The number of carbonyl (C=O) groups is 1. The maximum absolute atomic E-state index is 13.7. The van der Waals surface area contributed by atoms with Crippen molar-refractivity contribution < 1.29 is 19.7 Å². The van der Waals surface area contributed by atoms with Crippen molar-refractivity contribution in [2.75, 3.05) is 0 Å². The lowest BCUT2D eigenvalue weighted by atomic mass is 9.32. The molecule has 5 aliphatic carbocycles. The predicted octanol–water partition coefficient (Wildman–Crippen LogP) is 7.83. The van der Waals surface area contributed by atoms with E-state index in [1.165, 1.54) is 12.0 Å². The third-order valence-corrected chi connectivity index (χ3v) is 14.6. The van der Waals surface area contributed by atoms with Crippen LogP contribution in [0.4, 0.5) is 0 Å². The molecular formula is C37H54O4. The maximum atomic E-state index is 13.7. The summed E-state index contributed by atoms with van der Waals surface area (Å²) in [5.74, 6) is 1.63. The van der Waals surface area contributed by atoms with Crippen LogP contribution in [0.5, 0.6) is 0 Å². The van der Waals surface area contributed by atoms with E-state index in [-0.39, 0.29) is 51.2 Å². The van der Waals surface area contributed by atoms with Crippen LogP contribution in [0.15, 0.2) is 42.0 Å². The van der Waals surface area contributed by atoms with Crippen LogP contribution in [0.25, 0.3) is 0 Å². The Labute approximate surface area is 248 Å². The van der Waals surface area contributed by atoms with Crippen molar-refractivity contribution in [1.82, 2.24) is 0 Å². The lowest BCUT2D eigenvalue weighted by Gasteiger charge is -2.73. The molecule has 4 heteroatoms. The summed E-state index contributed by atoms with van der Waals surface area (Å²) in [6.07, 6.45) is 8.01. The van der Waals surface area contributed by atoms with E-state index in [4.69, 9.17) is 4.74 Å². The Balaban J connectivity index is 1.51. The lowest BCUT2D eigenvalue weighted by molar-refractivity contribution is -0.243. The molecule has 0 amide bonds. The van der Waals surface area contributed by atoms with Gasteiger partial charge in [0, 0.05) is 11.3 Å². The van der Waals surface area contributed by atoms with Gasteiger partial charge in [-0.25, -0.2) is 4.79 Å². The average Bonchev–Trinajstić information content (AvgIpc) is 2.91. The molecule has 1 aromatic rings. The highest BCUT2D eigenvalue weighted by molar-refractivity contribution is 5.89. The average molecular weight is 563 g/mol. The molecule has 0 aromatic heterocycles. The van der Waals surface area contributed by atoms with Crippen molar-refractivity contribution >= 4 is 5.97 Å². The molecule has 1 aromatic carbocycles. The van der Waals surface area contributed by atoms with Gasteiger partial charge in [0.2, 0.25) is 0 Å². The van der Waals surface area contributed by atoms with E-state index in [9.17, 15) is 15.0 Å². The summed E-state index contributed by atoms with van der Waals surface area (Å²) in [4.78, 5) is 13.7. The molecule has 12 atom stereocenters. The Morgan fingerprint density at radius 1 is 0.902 bits per heavy atom. The number of hydrogen-bond acceptors (Lipinski definition) is 4. The van der Waals surface area contributed by atoms with Gasteiger partial charge in [-0.2, -0.15) is 0 Å². The monoisotopic (exact) mass is 562 g/mol. The zero-order valence-corrected chi connectivity index (χ0v) is 26.7. The molecule has 4 nitrogen and oxygen atoms in total. The van der Waals surface area contributed by atoms with Gasteiger partial charge >= 0.3 is 5.97 Å². The normalized spacial score (nSPS) is 50.3. The molecule has 4 fully saturated rings. The van der Waals surface area contributed by atoms with Gasteiger partial charge in [0.25, 0.3) is 0 Å². The molecule has 0 spiro atoms. The molecule has 2 N–H and O–H groups in total. The molecule has 0 bridgehead atoms. The van der Waals surface area contributed by atoms with Gasteiger partial charge in [-0.3, -0.25) is 0 Å². The quantitative estimate of drug-likeness (QED) is 0.285. The molecule has 6 rings (SSSR count). The summed E-state index contributed by atoms with van der Waals surface area (Å²) in [7, 11) is 0. The van der Waals surface area contributed by atoms with Crippen LogP contribution in [0.1, 0.15) is 111 Å². The molecular weight excluding hydrogens is 508 g/mol. The fourth-order valence-electron chi connectivity index (χ4n) is 12.0. The van der Waals surface area contributed by atoms with Crippen molar-refractivity contribution in [2.45, 2.75) is 119 Å². The zero-order chi connectivity index (χ0) is 29.8. The number of carbonyl (C=O) groups excluding carboxylic acids is 1. The van der Waals surface area contributed by atoms with Gasteiger partial charge in [-0.05, 0) is 102 Å². The van der Waals surface area contributed by atoms with E-state index in [0.717, 1.165) is 38.5 Å². The van der Waals surface area contributed by atoms with Gasteiger partial charge in [0.05, 0.1) is 17.8 Å². The first-order valence-corrected chi connectivity index (χ1v) is 16.5. The van der Waals surface area contributed by atoms with Crippen LogP contribution in [0.3, 0.4) is 0 Å².